The van der Waals surface area contributed by atoms with E-state index in [2.05, 4.69) is 9.47 Å². The highest BCUT2D eigenvalue weighted by Crippen LogP contribution is 2.37. The van der Waals surface area contributed by atoms with Crippen molar-refractivity contribution >= 4 is 11.9 Å². The molecule has 0 aromatic carbocycles. The van der Waals surface area contributed by atoms with Crippen molar-refractivity contribution in [2.45, 2.75) is 38.7 Å². The Morgan fingerprint density at radius 1 is 1.18 bits per heavy atom. The molecule has 17 heavy (non-hydrogen) atoms. The fourth-order valence-corrected chi connectivity index (χ4v) is 0.785. The molecule has 0 aliphatic carbocycles. The van der Waals surface area contributed by atoms with Crippen molar-refractivity contribution in [3.05, 3.63) is 0 Å². The number of hydrogen-bond donors (Lipinski definition) is 0. The van der Waals surface area contributed by atoms with Gasteiger partial charge < -0.3 is 9.47 Å². The molecule has 0 rings (SSSR count). The lowest BCUT2D eigenvalue weighted by Crippen LogP contribution is -2.42. The van der Waals surface area contributed by atoms with Gasteiger partial charge in [-0.05, 0) is 0 Å². The fourth-order valence-electron chi connectivity index (χ4n) is 0.785. The van der Waals surface area contributed by atoms with Crippen LogP contribution in [0.1, 0.15) is 26.7 Å². The molecule has 4 nitrogen and oxygen atoms in total. The molecule has 0 aliphatic rings. The molecular formula is C9H12F4O4. The largest absolute Gasteiger partial charge is 0.419 e. The number of carbonyl (C=O) groups is 2. The molecule has 0 atom stereocenters. The van der Waals surface area contributed by atoms with E-state index in [0.29, 0.717) is 0 Å². The summed E-state index contributed by atoms with van der Waals surface area (Å²) in [7, 11) is 0. The summed E-state index contributed by atoms with van der Waals surface area (Å²) in [6.07, 6.45) is -6.47. The molecule has 100 valence electrons. The van der Waals surface area contributed by atoms with Crippen LogP contribution in [0.4, 0.5) is 17.6 Å². The van der Waals surface area contributed by atoms with Gasteiger partial charge in [-0.25, -0.2) is 0 Å². The van der Waals surface area contributed by atoms with E-state index in [4.69, 9.17) is 0 Å². The summed E-state index contributed by atoms with van der Waals surface area (Å²) in [6.45, 7) is 0.856. The molecule has 0 spiro atoms. The van der Waals surface area contributed by atoms with Crippen LogP contribution < -0.4 is 0 Å². The Kier molecular flexibility index (Phi) is 5.53. The number of carbonyl (C=O) groups excluding carboxylic acids is 2. The predicted molar refractivity (Wildman–Crippen MR) is 47.5 cm³/mol. The van der Waals surface area contributed by atoms with Crippen molar-refractivity contribution in [2.24, 2.45) is 0 Å². The number of alkyl halides is 4. The van der Waals surface area contributed by atoms with Gasteiger partial charge in [-0.2, -0.15) is 17.6 Å². The zero-order valence-corrected chi connectivity index (χ0v) is 9.27. The molecule has 0 bridgehead atoms. The van der Waals surface area contributed by atoms with E-state index in [0.717, 1.165) is 13.8 Å². The predicted octanol–water partition coefficient (Wildman–Crippen LogP) is 2.12. The summed E-state index contributed by atoms with van der Waals surface area (Å²) in [6, 6.07) is 0. The van der Waals surface area contributed by atoms with Gasteiger partial charge in [0.15, 0.2) is 0 Å². The number of ether oxygens (including phenoxy) is 2. The number of halogens is 4. The van der Waals surface area contributed by atoms with Crippen LogP contribution in [0, 0.1) is 0 Å². The molecule has 0 N–H and O–H groups in total. The van der Waals surface area contributed by atoms with Gasteiger partial charge in [0, 0.05) is 13.3 Å². The molecule has 0 aromatic rings. The molecule has 0 radical (unpaired) electrons. The third-order valence-corrected chi connectivity index (χ3v) is 1.72. The summed E-state index contributed by atoms with van der Waals surface area (Å²) >= 11 is 0. The van der Waals surface area contributed by atoms with Gasteiger partial charge in [0.25, 0.3) is 0 Å². The minimum absolute atomic E-state index is 0.713. The average Bonchev–Trinajstić information content (AvgIpc) is 2.15. The maximum absolute atomic E-state index is 12.7. The first-order valence-corrected chi connectivity index (χ1v) is 4.73. The fraction of sp³-hybridized carbons (Fsp3) is 0.778. The van der Waals surface area contributed by atoms with Gasteiger partial charge in [0.1, 0.15) is 0 Å². The second kappa shape index (κ2) is 5.95. The molecule has 8 heteroatoms. The molecule has 0 aliphatic heterocycles. The summed E-state index contributed by atoms with van der Waals surface area (Å²) in [5.41, 5.74) is 0. The number of esters is 2. The van der Waals surface area contributed by atoms with Gasteiger partial charge in [0.2, 0.25) is 0 Å². The van der Waals surface area contributed by atoms with E-state index in [1.165, 1.54) is 0 Å². The Balaban J connectivity index is 4.12. The Morgan fingerprint density at radius 2 is 1.71 bits per heavy atom. The van der Waals surface area contributed by atoms with E-state index < -0.39 is 43.4 Å². The molecular weight excluding hydrogens is 248 g/mol. The quantitative estimate of drug-likeness (QED) is 0.417. The van der Waals surface area contributed by atoms with Crippen LogP contribution in [-0.2, 0) is 19.1 Å². The average molecular weight is 260 g/mol. The van der Waals surface area contributed by atoms with Crippen LogP contribution in [0.3, 0.4) is 0 Å². The second-order valence-electron chi connectivity index (χ2n) is 3.14. The SMILES string of the molecule is CCC(F)(F)C(F)(F)OCCC(=O)OC(C)=O. The highest BCUT2D eigenvalue weighted by molar-refractivity contribution is 5.84. The van der Waals surface area contributed by atoms with Gasteiger partial charge in [0.05, 0.1) is 13.0 Å². The van der Waals surface area contributed by atoms with Crippen molar-refractivity contribution in [1.82, 2.24) is 0 Å². The third-order valence-electron chi connectivity index (χ3n) is 1.72. The molecule has 0 amide bonds. The number of rotatable bonds is 6. The van der Waals surface area contributed by atoms with E-state index in [1.807, 2.05) is 0 Å². The van der Waals surface area contributed by atoms with Crippen LogP contribution >= 0.6 is 0 Å². The van der Waals surface area contributed by atoms with E-state index in [9.17, 15) is 27.2 Å². The van der Waals surface area contributed by atoms with Gasteiger partial charge in [-0.15, -0.1) is 0 Å². The van der Waals surface area contributed by atoms with Crippen LogP contribution in [0.15, 0.2) is 0 Å². The molecule has 0 fully saturated rings. The van der Waals surface area contributed by atoms with E-state index >= 15 is 0 Å². The summed E-state index contributed by atoms with van der Waals surface area (Å²) in [5, 5.41) is 0. The standard InChI is InChI=1S/C9H12F4O4/c1-3-8(10,11)9(12,13)16-5-4-7(15)17-6(2)14/h3-5H2,1-2H3. The van der Waals surface area contributed by atoms with Crippen LogP contribution in [-0.4, -0.2) is 30.6 Å². The number of hydrogen-bond acceptors (Lipinski definition) is 4. The first kappa shape index (κ1) is 15.8. The lowest BCUT2D eigenvalue weighted by Gasteiger charge is -2.24. The molecule has 0 saturated carbocycles. The third kappa shape index (κ3) is 5.12. The van der Waals surface area contributed by atoms with Crippen molar-refractivity contribution in [1.29, 1.82) is 0 Å². The Morgan fingerprint density at radius 3 is 2.12 bits per heavy atom. The Labute approximate surface area is 94.9 Å². The van der Waals surface area contributed by atoms with Crippen molar-refractivity contribution in [3.8, 4) is 0 Å². The van der Waals surface area contributed by atoms with Gasteiger partial charge >= 0.3 is 24.0 Å². The van der Waals surface area contributed by atoms with Gasteiger partial charge in [-0.3, -0.25) is 9.59 Å². The normalized spacial score (nSPS) is 12.4. The Bertz CT molecular complexity index is 291. The van der Waals surface area contributed by atoms with Crippen LogP contribution in [0.25, 0.3) is 0 Å². The minimum Gasteiger partial charge on any atom is -0.393 e. The topological polar surface area (TPSA) is 52.6 Å². The Hall–Kier alpha value is -1.18. The van der Waals surface area contributed by atoms with Crippen molar-refractivity contribution in [2.75, 3.05) is 6.61 Å². The van der Waals surface area contributed by atoms with Crippen LogP contribution in [0.2, 0.25) is 0 Å². The maximum atomic E-state index is 12.7. The molecule has 0 unspecified atom stereocenters. The van der Waals surface area contributed by atoms with Crippen molar-refractivity contribution in [3.63, 3.8) is 0 Å². The second-order valence-corrected chi connectivity index (χ2v) is 3.14. The molecule has 0 heterocycles. The zero-order valence-electron chi connectivity index (χ0n) is 9.27. The van der Waals surface area contributed by atoms with Gasteiger partial charge in [-0.1, -0.05) is 6.92 Å². The zero-order chi connectivity index (χ0) is 13.7. The highest BCUT2D eigenvalue weighted by atomic mass is 19.3. The summed E-state index contributed by atoms with van der Waals surface area (Å²) < 4.78 is 58.3. The summed E-state index contributed by atoms with van der Waals surface area (Å²) in [5.74, 6) is -6.34. The molecule has 0 aromatic heterocycles. The van der Waals surface area contributed by atoms with E-state index in [-0.39, 0.29) is 0 Å². The minimum atomic E-state index is -4.65. The first-order chi connectivity index (χ1) is 7.62. The maximum Gasteiger partial charge on any atom is 0.419 e. The lowest BCUT2D eigenvalue weighted by atomic mass is 10.2. The highest BCUT2D eigenvalue weighted by Gasteiger charge is 2.56. The first-order valence-electron chi connectivity index (χ1n) is 4.73. The van der Waals surface area contributed by atoms with Crippen molar-refractivity contribution < 1.29 is 36.6 Å². The summed E-state index contributed by atoms with van der Waals surface area (Å²) in [4.78, 5) is 21.0. The monoisotopic (exact) mass is 260 g/mol. The lowest BCUT2D eigenvalue weighted by molar-refractivity contribution is -0.347. The smallest absolute Gasteiger partial charge is 0.393 e. The van der Waals surface area contributed by atoms with Crippen LogP contribution in [0.5, 0.6) is 0 Å². The van der Waals surface area contributed by atoms with E-state index in [1.54, 1.807) is 0 Å². The molecule has 0 saturated heterocycles.